The zero-order valence-corrected chi connectivity index (χ0v) is 11.0. The Labute approximate surface area is 113 Å². The molecule has 96 valence electrons. The van der Waals surface area contributed by atoms with Gasteiger partial charge in [0.05, 0.1) is 5.54 Å². The zero-order chi connectivity index (χ0) is 11.7. The van der Waals surface area contributed by atoms with Crippen LogP contribution in [0.4, 0.5) is 5.69 Å². The molecule has 3 nitrogen and oxygen atoms in total. The summed E-state index contributed by atoms with van der Waals surface area (Å²) in [6.45, 7) is 0.851. The maximum Gasteiger partial charge on any atom is 0.247 e. The Morgan fingerprint density at radius 2 is 1.83 bits per heavy atom. The molecule has 2 N–H and O–H groups in total. The topological polar surface area (TPSA) is 46.3 Å². The van der Waals surface area contributed by atoms with E-state index in [9.17, 15) is 4.79 Å². The fraction of sp³-hybridized carbons (Fsp3) is 0.500. The van der Waals surface area contributed by atoms with Crippen LogP contribution >= 0.6 is 12.4 Å². The number of para-hydroxylation sites is 1. The molecule has 0 aromatic heterocycles. The van der Waals surface area contributed by atoms with Gasteiger partial charge in [-0.15, -0.1) is 12.4 Å². The van der Waals surface area contributed by atoms with Gasteiger partial charge in [0.1, 0.15) is 0 Å². The molecule has 18 heavy (non-hydrogen) atoms. The van der Waals surface area contributed by atoms with Gasteiger partial charge in [0.15, 0.2) is 0 Å². The van der Waals surface area contributed by atoms with Gasteiger partial charge in [0, 0.05) is 17.6 Å². The number of hydrogen-bond acceptors (Lipinski definition) is 2. The van der Waals surface area contributed by atoms with Crippen LogP contribution < -0.4 is 10.6 Å². The highest BCUT2D eigenvalue weighted by Gasteiger charge is 2.57. The van der Waals surface area contributed by atoms with E-state index in [1.807, 2.05) is 11.0 Å². The number of carbonyl (C=O) groups excluding carboxylic acids is 1. The molecule has 4 heteroatoms. The third kappa shape index (κ3) is 1.44. The molecule has 1 amide bonds. The maximum absolute atomic E-state index is 12.4. The van der Waals surface area contributed by atoms with Crippen LogP contribution in [-0.4, -0.2) is 18.0 Å². The quantitative estimate of drug-likeness (QED) is 0.843. The summed E-state index contributed by atoms with van der Waals surface area (Å²) in [5.41, 5.74) is 8.23. The van der Waals surface area contributed by atoms with Gasteiger partial charge in [0.25, 0.3) is 0 Å². The molecule has 0 unspecified atom stereocenters. The zero-order valence-electron chi connectivity index (χ0n) is 10.2. The first-order valence-corrected chi connectivity index (χ1v) is 6.35. The molecule has 1 aliphatic heterocycles. The molecule has 0 bridgehead atoms. The first kappa shape index (κ1) is 12.0. The van der Waals surface area contributed by atoms with Crippen LogP contribution in [0.15, 0.2) is 24.3 Å². The van der Waals surface area contributed by atoms with Crippen LogP contribution in [0.25, 0.3) is 0 Å². The fourth-order valence-electron chi connectivity index (χ4n) is 3.01. The van der Waals surface area contributed by atoms with Crippen molar-refractivity contribution in [2.24, 2.45) is 5.73 Å². The summed E-state index contributed by atoms with van der Waals surface area (Å²) >= 11 is 0. The lowest BCUT2D eigenvalue weighted by atomic mass is 9.99. The average Bonchev–Trinajstić information content (AvgIpc) is 3.22. The van der Waals surface area contributed by atoms with E-state index in [0.717, 1.165) is 25.1 Å². The van der Waals surface area contributed by atoms with Crippen LogP contribution in [0.5, 0.6) is 0 Å². The second kappa shape index (κ2) is 3.49. The van der Waals surface area contributed by atoms with E-state index in [1.54, 1.807) is 0 Å². The van der Waals surface area contributed by atoms with E-state index in [-0.39, 0.29) is 23.7 Å². The number of fused-ring (bicyclic) bond motifs is 2. The van der Waals surface area contributed by atoms with Gasteiger partial charge in [0.2, 0.25) is 5.91 Å². The number of carbonyl (C=O) groups is 1. The van der Waals surface area contributed by atoms with Crippen LogP contribution in [0, 0.1) is 0 Å². The number of halogens is 1. The summed E-state index contributed by atoms with van der Waals surface area (Å²) in [4.78, 5) is 14.3. The number of rotatable bonds is 1. The molecule has 1 spiro atoms. The molecule has 0 atom stereocenters. The number of anilines is 1. The van der Waals surface area contributed by atoms with Gasteiger partial charge in [-0.3, -0.25) is 4.79 Å². The Morgan fingerprint density at radius 1 is 1.17 bits per heavy atom. The van der Waals surface area contributed by atoms with E-state index >= 15 is 0 Å². The van der Waals surface area contributed by atoms with Crippen molar-refractivity contribution in [1.29, 1.82) is 0 Å². The third-order valence-electron chi connectivity index (χ3n) is 4.54. The Kier molecular flexibility index (Phi) is 2.32. The molecule has 0 saturated heterocycles. The van der Waals surface area contributed by atoms with Gasteiger partial charge in [-0.1, -0.05) is 18.2 Å². The highest BCUT2D eigenvalue weighted by atomic mass is 35.5. The van der Waals surface area contributed by atoms with E-state index in [1.165, 1.54) is 18.4 Å². The molecule has 1 aromatic rings. The van der Waals surface area contributed by atoms with E-state index < -0.39 is 5.54 Å². The van der Waals surface area contributed by atoms with E-state index in [4.69, 9.17) is 5.73 Å². The van der Waals surface area contributed by atoms with Crippen molar-refractivity contribution in [3.63, 3.8) is 0 Å². The van der Waals surface area contributed by atoms with Crippen molar-refractivity contribution in [3.05, 3.63) is 29.8 Å². The average molecular weight is 265 g/mol. The summed E-state index contributed by atoms with van der Waals surface area (Å²) in [7, 11) is 0. The predicted molar refractivity (Wildman–Crippen MR) is 73.1 cm³/mol. The Hall–Kier alpha value is -1.06. The molecule has 2 saturated carbocycles. The summed E-state index contributed by atoms with van der Waals surface area (Å²) in [5.74, 6) is 0.133. The molecule has 1 aromatic carbocycles. The van der Waals surface area contributed by atoms with Crippen LogP contribution in [0.2, 0.25) is 0 Å². The number of nitrogens with zero attached hydrogens (tertiary/aromatic N) is 1. The summed E-state index contributed by atoms with van der Waals surface area (Å²) in [6, 6.07) is 8.32. The molecule has 1 heterocycles. The monoisotopic (exact) mass is 264 g/mol. The summed E-state index contributed by atoms with van der Waals surface area (Å²) in [6.07, 6.45) is 4.12. The lowest BCUT2D eigenvalue weighted by Crippen LogP contribution is -2.45. The minimum absolute atomic E-state index is 0. The van der Waals surface area contributed by atoms with Crippen molar-refractivity contribution in [3.8, 4) is 0 Å². The smallest absolute Gasteiger partial charge is 0.247 e. The van der Waals surface area contributed by atoms with Crippen molar-refractivity contribution in [2.75, 3.05) is 11.4 Å². The molecule has 3 aliphatic rings. The van der Waals surface area contributed by atoms with Crippen molar-refractivity contribution >= 4 is 24.0 Å². The lowest BCUT2D eigenvalue weighted by molar-refractivity contribution is -0.120. The van der Waals surface area contributed by atoms with Crippen molar-refractivity contribution < 1.29 is 4.79 Å². The standard InChI is InChI=1S/C14H16N2O.ClH/c15-14(7-8-14)12(17)16-9-13(5-6-13)10-3-1-2-4-11(10)16;/h1-4H,5-9,15H2;1H. The van der Waals surface area contributed by atoms with Crippen molar-refractivity contribution in [2.45, 2.75) is 36.6 Å². The highest BCUT2D eigenvalue weighted by Crippen LogP contribution is 2.57. The van der Waals surface area contributed by atoms with Gasteiger partial charge >= 0.3 is 0 Å². The third-order valence-corrected chi connectivity index (χ3v) is 4.54. The largest absolute Gasteiger partial charge is 0.317 e. The number of nitrogens with two attached hydrogens (primary N) is 1. The van der Waals surface area contributed by atoms with Gasteiger partial charge in [-0.25, -0.2) is 0 Å². The first-order chi connectivity index (χ1) is 8.15. The second-order valence-corrected chi connectivity index (χ2v) is 5.84. The summed E-state index contributed by atoms with van der Waals surface area (Å²) < 4.78 is 0. The lowest BCUT2D eigenvalue weighted by Gasteiger charge is -2.21. The van der Waals surface area contributed by atoms with E-state index in [2.05, 4.69) is 18.2 Å². The Balaban J connectivity index is 0.000001000. The molecular formula is C14H17ClN2O. The second-order valence-electron chi connectivity index (χ2n) is 5.84. The normalized spacial score (nSPS) is 24.4. The highest BCUT2D eigenvalue weighted by molar-refractivity contribution is 6.04. The fourth-order valence-corrected chi connectivity index (χ4v) is 3.01. The molecular weight excluding hydrogens is 248 g/mol. The minimum atomic E-state index is -0.548. The van der Waals surface area contributed by atoms with Gasteiger partial charge in [-0.2, -0.15) is 0 Å². The Bertz CT molecular complexity index is 520. The van der Waals surface area contributed by atoms with Gasteiger partial charge in [-0.05, 0) is 37.3 Å². The molecule has 2 fully saturated rings. The van der Waals surface area contributed by atoms with Crippen molar-refractivity contribution in [1.82, 2.24) is 0 Å². The number of hydrogen-bond donors (Lipinski definition) is 1. The van der Waals surface area contributed by atoms with Crippen LogP contribution in [0.1, 0.15) is 31.2 Å². The number of benzene rings is 1. The molecule has 2 aliphatic carbocycles. The van der Waals surface area contributed by atoms with Crippen LogP contribution in [0.3, 0.4) is 0 Å². The molecule has 4 rings (SSSR count). The molecule has 0 radical (unpaired) electrons. The van der Waals surface area contributed by atoms with Gasteiger partial charge < -0.3 is 10.6 Å². The maximum atomic E-state index is 12.4. The first-order valence-electron chi connectivity index (χ1n) is 6.35. The SMILES string of the molecule is Cl.NC1(C(=O)N2CC3(CC3)c3ccccc32)CC1. The predicted octanol–water partition coefficient (Wildman–Crippen LogP) is 1.98. The summed E-state index contributed by atoms with van der Waals surface area (Å²) in [5, 5.41) is 0. The van der Waals surface area contributed by atoms with E-state index in [0.29, 0.717) is 0 Å². The minimum Gasteiger partial charge on any atom is -0.317 e. The van der Waals surface area contributed by atoms with Crippen LogP contribution in [-0.2, 0) is 10.2 Å². The Morgan fingerprint density at radius 3 is 2.44 bits per heavy atom. The number of amides is 1.